The number of carbonyl (C=O) groups excluding carboxylic acids is 2. The summed E-state index contributed by atoms with van der Waals surface area (Å²) >= 11 is 0. The van der Waals surface area contributed by atoms with E-state index in [4.69, 9.17) is 0 Å². The second-order valence-electron chi connectivity index (χ2n) is 5.36. The molecule has 0 aliphatic rings. The summed E-state index contributed by atoms with van der Waals surface area (Å²) in [7, 11) is -3.94. The minimum Gasteiger partial charge on any atom is -0.323 e. The van der Waals surface area contributed by atoms with Crippen LogP contribution >= 0.6 is 0 Å². The average Bonchev–Trinajstić information content (AvgIpc) is 2.59. The van der Waals surface area contributed by atoms with E-state index in [1.54, 1.807) is 6.07 Å². The lowest BCUT2D eigenvalue weighted by atomic mass is 10.2. The second kappa shape index (κ2) is 8.23. The number of nitrogens with one attached hydrogen (secondary N) is 2. The van der Waals surface area contributed by atoms with Crippen molar-refractivity contribution in [3.8, 4) is 0 Å². The van der Waals surface area contributed by atoms with Crippen LogP contribution in [0.5, 0.6) is 0 Å². The Kier molecular flexibility index (Phi) is 6.03. The van der Waals surface area contributed by atoms with E-state index in [1.165, 1.54) is 54.6 Å². The quantitative estimate of drug-likeness (QED) is 0.441. The molecule has 2 rings (SSSR count). The van der Waals surface area contributed by atoms with Gasteiger partial charge in [-0.05, 0) is 35.9 Å². The molecule has 0 bridgehead atoms. The van der Waals surface area contributed by atoms with E-state index in [-0.39, 0.29) is 10.6 Å². The Bertz CT molecular complexity index is 1010. The molecule has 0 aromatic heterocycles. The molecule has 2 aromatic rings. The first-order valence-corrected chi connectivity index (χ1v) is 9.03. The Balaban J connectivity index is 2.05. The standard InChI is InChI=1S/C17H15N3O6S/c1-12(21)19-27(25,26)16-8-6-14(7-9-16)18-17(22)10-5-13-3-2-4-15(11-13)20(23)24/h2-11H,1H3,(H,18,22)(H,19,21). The largest absolute Gasteiger partial charge is 0.323 e. The zero-order valence-corrected chi connectivity index (χ0v) is 14.9. The summed E-state index contributed by atoms with van der Waals surface area (Å²) in [4.78, 5) is 32.9. The molecule has 2 N–H and O–H groups in total. The molecule has 10 heteroatoms. The summed E-state index contributed by atoms with van der Waals surface area (Å²) in [6.07, 6.45) is 2.61. The van der Waals surface area contributed by atoms with Gasteiger partial charge in [0.25, 0.3) is 15.7 Å². The van der Waals surface area contributed by atoms with E-state index >= 15 is 0 Å². The van der Waals surface area contributed by atoms with E-state index in [0.29, 0.717) is 11.3 Å². The summed E-state index contributed by atoms with van der Waals surface area (Å²) in [5.74, 6) is -1.21. The first-order valence-electron chi connectivity index (χ1n) is 7.54. The minimum atomic E-state index is -3.94. The third kappa shape index (κ3) is 5.75. The Morgan fingerprint density at radius 1 is 1.11 bits per heavy atom. The molecule has 9 nitrogen and oxygen atoms in total. The Hall–Kier alpha value is -3.53. The Morgan fingerprint density at radius 2 is 1.78 bits per heavy atom. The van der Waals surface area contributed by atoms with E-state index in [2.05, 4.69) is 5.32 Å². The van der Waals surface area contributed by atoms with Crippen molar-refractivity contribution in [2.75, 3.05) is 5.32 Å². The van der Waals surface area contributed by atoms with Gasteiger partial charge in [-0.25, -0.2) is 13.1 Å². The molecule has 2 aromatic carbocycles. The zero-order valence-electron chi connectivity index (χ0n) is 14.1. The minimum absolute atomic E-state index is 0.0893. The molecule has 0 saturated carbocycles. The van der Waals surface area contributed by atoms with Gasteiger partial charge in [-0.15, -0.1) is 0 Å². The number of hydrogen-bond acceptors (Lipinski definition) is 6. The highest BCUT2D eigenvalue weighted by molar-refractivity contribution is 7.90. The fraction of sp³-hybridized carbons (Fsp3) is 0.0588. The highest BCUT2D eigenvalue weighted by Crippen LogP contribution is 2.16. The Labute approximate surface area is 154 Å². The van der Waals surface area contributed by atoms with Crippen molar-refractivity contribution in [2.24, 2.45) is 0 Å². The van der Waals surface area contributed by atoms with E-state index in [9.17, 15) is 28.1 Å². The molecular formula is C17H15N3O6S. The van der Waals surface area contributed by atoms with E-state index in [1.807, 2.05) is 4.72 Å². The van der Waals surface area contributed by atoms with Gasteiger partial charge in [-0.2, -0.15) is 0 Å². The van der Waals surface area contributed by atoms with Crippen LogP contribution in [0.15, 0.2) is 59.5 Å². The SMILES string of the molecule is CC(=O)NS(=O)(=O)c1ccc(NC(=O)C=Cc2cccc([N+](=O)[O-])c2)cc1. The molecule has 0 saturated heterocycles. The molecule has 0 spiro atoms. The van der Waals surface area contributed by atoms with Crippen LogP contribution in [0, 0.1) is 10.1 Å². The highest BCUT2D eigenvalue weighted by Gasteiger charge is 2.15. The van der Waals surface area contributed by atoms with Crippen LogP contribution in [0.4, 0.5) is 11.4 Å². The van der Waals surface area contributed by atoms with Crippen molar-refractivity contribution in [3.63, 3.8) is 0 Å². The monoisotopic (exact) mass is 389 g/mol. The number of anilines is 1. The smallest absolute Gasteiger partial charge is 0.270 e. The summed E-state index contributed by atoms with van der Waals surface area (Å²) in [6, 6.07) is 11.0. The van der Waals surface area contributed by atoms with Crippen LogP contribution in [0.25, 0.3) is 6.08 Å². The average molecular weight is 389 g/mol. The predicted molar refractivity (Wildman–Crippen MR) is 98.2 cm³/mol. The topological polar surface area (TPSA) is 135 Å². The van der Waals surface area contributed by atoms with Crippen LogP contribution in [0.2, 0.25) is 0 Å². The molecule has 0 aliphatic carbocycles. The van der Waals surface area contributed by atoms with E-state index < -0.39 is 26.8 Å². The van der Waals surface area contributed by atoms with Crippen molar-refractivity contribution in [1.29, 1.82) is 0 Å². The van der Waals surface area contributed by atoms with Gasteiger partial charge < -0.3 is 5.32 Å². The lowest BCUT2D eigenvalue weighted by Gasteiger charge is -2.06. The summed E-state index contributed by atoms with van der Waals surface area (Å²) < 4.78 is 25.5. The Morgan fingerprint density at radius 3 is 2.37 bits per heavy atom. The molecule has 27 heavy (non-hydrogen) atoms. The van der Waals surface area contributed by atoms with Crippen LogP contribution in [-0.2, 0) is 19.6 Å². The maximum atomic E-state index is 11.9. The first kappa shape index (κ1) is 19.8. The van der Waals surface area contributed by atoms with Gasteiger partial charge in [0.05, 0.1) is 9.82 Å². The van der Waals surface area contributed by atoms with Gasteiger partial charge >= 0.3 is 0 Å². The fourth-order valence-corrected chi connectivity index (χ4v) is 3.05. The number of sulfonamides is 1. The maximum absolute atomic E-state index is 11.9. The van der Waals surface area contributed by atoms with Crippen molar-refractivity contribution in [2.45, 2.75) is 11.8 Å². The van der Waals surface area contributed by atoms with Crippen LogP contribution < -0.4 is 10.0 Å². The van der Waals surface area contributed by atoms with Gasteiger partial charge in [0.2, 0.25) is 11.8 Å². The number of amides is 2. The molecule has 0 heterocycles. The summed E-state index contributed by atoms with van der Waals surface area (Å²) in [6.45, 7) is 1.08. The van der Waals surface area contributed by atoms with Crippen LogP contribution in [0.1, 0.15) is 12.5 Å². The van der Waals surface area contributed by atoms with Crippen LogP contribution in [-0.4, -0.2) is 25.2 Å². The van der Waals surface area contributed by atoms with Gasteiger partial charge in [-0.1, -0.05) is 12.1 Å². The number of benzene rings is 2. The molecule has 0 radical (unpaired) electrons. The number of carbonyl (C=O) groups is 2. The van der Waals surface area contributed by atoms with Crippen LogP contribution in [0.3, 0.4) is 0 Å². The zero-order chi connectivity index (χ0) is 20.0. The molecular weight excluding hydrogens is 374 g/mol. The van der Waals surface area contributed by atoms with Crippen molar-refractivity contribution in [1.82, 2.24) is 4.72 Å². The molecule has 140 valence electrons. The molecule has 0 unspecified atom stereocenters. The van der Waals surface area contributed by atoms with Gasteiger partial charge in [0.15, 0.2) is 0 Å². The summed E-state index contributed by atoms with van der Waals surface area (Å²) in [5.41, 5.74) is 0.732. The van der Waals surface area contributed by atoms with Gasteiger partial charge in [-0.3, -0.25) is 19.7 Å². The van der Waals surface area contributed by atoms with Crippen molar-refractivity contribution >= 4 is 39.3 Å². The number of rotatable bonds is 6. The lowest BCUT2D eigenvalue weighted by molar-refractivity contribution is -0.384. The van der Waals surface area contributed by atoms with Gasteiger partial charge in [0, 0.05) is 30.8 Å². The van der Waals surface area contributed by atoms with Crippen molar-refractivity contribution in [3.05, 3.63) is 70.3 Å². The first-order chi connectivity index (χ1) is 12.7. The number of nitro benzene ring substituents is 1. The highest BCUT2D eigenvalue weighted by atomic mass is 32.2. The van der Waals surface area contributed by atoms with Crippen molar-refractivity contribution < 1.29 is 22.9 Å². The molecule has 0 fully saturated rings. The number of hydrogen-bond donors (Lipinski definition) is 2. The normalized spacial score (nSPS) is 11.1. The second-order valence-corrected chi connectivity index (χ2v) is 7.04. The number of non-ortho nitro benzene ring substituents is 1. The lowest BCUT2D eigenvalue weighted by Crippen LogP contribution is -2.28. The van der Waals surface area contributed by atoms with Gasteiger partial charge in [0.1, 0.15) is 0 Å². The maximum Gasteiger partial charge on any atom is 0.270 e. The molecule has 0 aliphatic heterocycles. The predicted octanol–water partition coefficient (Wildman–Crippen LogP) is 2.07. The molecule has 2 amide bonds. The number of nitrogens with zero attached hydrogens (tertiary/aromatic N) is 1. The third-order valence-corrected chi connectivity index (χ3v) is 4.67. The number of nitro groups is 1. The summed E-state index contributed by atoms with van der Waals surface area (Å²) in [5, 5.41) is 13.3. The third-order valence-electron chi connectivity index (χ3n) is 3.22. The fourth-order valence-electron chi connectivity index (χ4n) is 2.06. The van der Waals surface area contributed by atoms with E-state index in [0.717, 1.165) is 6.92 Å². The molecule has 0 atom stereocenters.